The molecule has 0 aromatic heterocycles. The predicted octanol–water partition coefficient (Wildman–Crippen LogP) is 1.50. The van der Waals surface area contributed by atoms with Gasteiger partial charge in [-0.15, -0.1) is 0 Å². The van der Waals surface area contributed by atoms with Gasteiger partial charge in [0.05, 0.1) is 10.8 Å². The number of nitrogens with one attached hydrogen (secondary N) is 2. The monoisotopic (exact) mass is 318 g/mol. The Balaban J connectivity index is 1.47. The number of nitrogens with zero attached hydrogens (tertiary/aromatic N) is 1. The summed E-state index contributed by atoms with van der Waals surface area (Å²) in [6, 6.07) is 6.46. The highest BCUT2D eigenvalue weighted by Gasteiger charge is 2.48. The molecule has 4 unspecified atom stereocenters. The molecule has 4 N–H and O–H groups in total. The lowest BCUT2D eigenvalue weighted by Gasteiger charge is -2.27. The van der Waals surface area contributed by atoms with Crippen LogP contribution in [0.3, 0.4) is 0 Å². The van der Waals surface area contributed by atoms with Gasteiger partial charge < -0.3 is 16.4 Å². The van der Waals surface area contributed by atoms with E-state index in [4.69, 9.17) is 5.73 Å². The molecule has 4 atom stereocenters. The van der Waals surface area contributed by atoms with Gasteiger partial charge in [-0.3, -0.25) is 14.9 Å². The Morgan fingerprint density at radius 3 is 2.70 bits per heavy atom. The summed E-state index contributed by atoms with van der Waals surface area (Å²) in [7, 11) is 0. The number of fused-ring (bicyclic) bond motifs is 2. The normalized spacial score (nSPS) is 28.6. The second kappa shape index (κ2) is 6.54. The lowest BCUT2D eigenvalue weighted by atomic mass is 9.84. The van der Waals surface area contributed by atoms with Gasteiger partial charge in [0.15, 0.2) is 0 Å². The maximum absolute atomic E-state index is 12.3. The predicted molar refractivity (Wildman–Crippen MR) is 86.9 cm³/mol. The van der Waals surface area contributed by atoms with Crippen LogP contribution in [0.1, 0.15) is 19.3 Å². The first-order valence-corrected chi connectivity index (χ1v) is 8.08. The molecular weight excluding hydrogens is 296 g/mol. The van der Waals surface area contributed by atoms with E-state index >= 15 is 0 Å². The van der Waals surface area contributed by atoms with Crippen molar-refractivity contribution in [2.24, 2.45) is 23.5 Å². The fraction of sp³-hybridized carbons (Fsp3) is 0.562. The molecule has 124 valence electrons. The molecule has 0 aliphatic heterocycles. The van der Waals surface area contributed by atoms with Crippen molar-refractivity contribution in [2.45, 2.75) is 25.3 Å². The van der Waals surface area contributed by atoms with Crippen molar-refractivity contribution in [3.8, 4) is 0 Å². The van der Waals surface area contributed by atoms with E-state index in [1.54, 1.807) is 18.2 Å². The second-order valence-corrected chi connectivity index (χ2v) is 6.43. The van der Waals surface area contributed by atoms with Gasteiger partial charge in [0.1, 0.15) is 5.69 Å². The first-order chi connectivity index (χ1) is 11.1. The van der Waals surface area contributed by atoms with Crippen LogP contribution in [0.5, 0.6) is 0 Å². The van der Waals surface area contributed by atoms with Gasteiger partial charge in [0.25, 0.3) is 5.69 Å². The molecular formula is C16H22N4O3. The average molecular weight is 318 g/mol. The molecule has 0 spiro atoms. The number of benzene rings is 1. The maximum atomic E-state index is 12.3. The Morgan fingerprint density at radius 2 is 2.00 bits per heavy atom. The number of carbonyl (C=O) groups excluding carboxylic acids is 1. The van der Waals surface area contributed by atoms with Crippen molar-refractivity contribution < 1.29 is 9.72 Å². The highest BCUT2D eigenvalue weighted by atomic mass is 16.6. The van der Waals surface area contributed by atoms with E-state index < -0.39 is 4.92 Å². The first kappa shape index (κ1) is 15.7. The average Bonchev–Trinajstić information content (AvgIpc) is 3.12. The second-order valence-electron chi connectivity index (χ2n) is 6.43. The molecule has 7 heteroatoms. The molecule has 2 fully saturated rings. The van der Waals surface area contributed by atoms with Crippen molar-refractivity contribution in [1.29, 1.82) is 0 Å². The molecule has 3 rings (SSSR count). The quantitative estimate of drug-likeness (QED) is 0.418. The Morgan fingerprint density at radius 1 is 1.26 bits per heavy atom. The van der Waals surface area contributed by atoms with Crippen LogP contribution in [-0.4, -0.2) is 30.0 Å². The zero-order chi connectivity index (χ0) is 16.4. The third kappa shape index (κ3) is 3.14. The standard InChI is InChI=1S/C16H22N4O3/c17-15-11-6-5-10(9-11)14(15)16(21)19-8-7-18-12-3-1-2-4-13(12)20(22)23/h1-4,10-11,14-15,18H,5-9,17H2,(H,19,21). The third-order valence-electron chi connectivity index (χ3n) is 5.12. The summed E-state index contributed by atoms with van der Waals surface area (Å²) in [5.41, 5.74) is 6.66. The molecule has 1 aromatic rings. The van der Waals surface area contributed by atoms with E-state index in [2.05, 4.69) is 10.6 Å². The minimum Gasteiger partial charge on any atom is -0.378 e. The molecule has 0 radical (unpaired) electrons. The molecule has 7 nitrogen and oxygen atoms in total. The lowest BCUT2D eigenvalue weighted by molar-refractivity contribution is -0.384. The smallest absolute Gasteiger partial charge is 0.292 e. The van der Waals surface area contributed by atoms with E-state index in [1.807, 2.05) is 0 Å². The number of nitro groups is 1. The summed E-state index contributed by atoms with van der Waals surface area (Å²) in [5, 5.41) is 16.8. The third-order valence-corrected chi connectivity index (χ3v) is 5.12. The number of hydrogen-bond acceptors (Lipinski definition) is 5. The van der Waals surface area contributed by atoms with Crippen LogP contribution in [0.4, 0.5) is 11.4 Å². The summed E-state index contributed by atoms with van der Waals surface area (Å²) < 4.78 is 0. The van der Waals surface area contributed by atoms with Gasteiger partial charge in [-0.2, -0.15) is 0 Å². The van der Waals surface area contributed by atoms with Crippen LogP contribution < -0.4 is 16.4 Å². The summed E-state index contributed by atoms with van der Waals surface area (Å²) in [6.07, 6.45) is 3.33. The number of rotatable bonds is 6. The van der Waals surface area contributed by atoms with Crippen molar-refractivity contribution in [1.82, 2.24) is 5.32 Å². The summed E-state index contributed by atoms with van der Waals surface area (Å²) in [4.78, 5) is 22.8. The molecule has 2 saturated carbocycles. The summed E-state index contributed by atoms with van der Waals surface area (Å²) in [5.74, 6) is 0.882. The number of anilines is 1. The van der Waals surface area contributed by atoms with Crippen LogP contribution in [0.25, 0.3) is 0 Å². The lowest BCUT2D eigenvalue weighted by Crippen LogP contribution is -2.46. The van der Waals surface area contributed by atoms with E-state index in [-0.39, 0.29) is 23.6 Å². The number of nitrogens with two attached hydrogens (primary N) is 1. The van der Waals surface area contributed by atoms with Crippen LogP contribution in [0.15, 0.2) is 24.3 Å². The Hall–Kier alpha value is -2.15. The van der Waals surface area contributed by atoms with E-state index in [0.717, 1.165) is 19.3 Å². The molecule has 2 aliphatic carbocycles. The number of carbonyl (C=O) groups is 1. The van der Waals surface area contributed by atoms with E-state index in [9.17, 15) is 14.9 Å². The number of hydrogen-bond donors (Lipinski definition) is 3. The highest BCUT2D eigenvalue weighted by molar-refractivity contribution is 5.80. The largest absolute Gasteiger partial charge is 0.378 e. The van der Waals surface area contributed by atoms with Crippen LogP contribution in [0, 0.1) is 27.9 Å². The zero-order valence-electron chi connectivity index (χ0n) is 12.9. The molecule has 1 amide bonds. The van der Waals surface area contributed by atoms with E-state index in [1.165, 1.54) is 6.07 Å². The van der Waals surface area contributed by atoms with Gasteiger partial charge in [0, 0.05) is 25.2 Å². The number of nitro benzene ring substituents is 1. The summed E-state index contributed by atoms with van der Waals surface area (Å²) >= 11 is 0. The first-order valence-electron chi connectivity index (χ1n) is 8.08. The number of amides is 1. The molecule has 0 saturated heterocycles. The summed E-state index contributed by atoms with van der Waals surface area (Å²) in [6.45, 7) is 0.859. The minimum absolute atomic E-state index is 0.0167. The van der Waals surface area contributed by atoms with Crippen molar-refractivity contribution in [2.75, 3.05) is 18.4 Å². The van der Waals surface area contributed by atoms with E-state index in [0.29, 0.717) is 30.6 Å². The van der Waals surface area contributed by atoms with Gasteiger partial charge in [-0.1, -0.05) is 12.1 Å². The molecule has 1 aromatic carbocycles. The van der Waals surface area contributed by atoms with Crippen molar-refractivity contribution in [3.05, 3.63) is 34.4 Å². The molecule has 23 heavy (non-hydrogen) atoms. The highest BCUT2D eigenvalue weighted by Crippen LogP contribution is 2.47. The van der Waals surface area contributed by atoms with Crippen molar-refractivity contribution in [3.63, 3.8) is 0 Å². The molecule has 2 bridgehead atoms. The van der Waals surface area contributed by atoms with Gasteiger partial charge in [0.2, 0.25) is 5.91 Å². The van der Waals surface area contributed by atoms with Gasteiger partial charge in [-0.05, 0) is 37.2 Å². The molecule has 0 heterocycles. The fourth-order valence-corrected chi connectivity index (χ4v) is 4.01. The van der Waals surface area contributed by atoms with Gasteiger partial charge in [-0.25, -0.2) is 0 Å². The topological polar surface area (TPSA) is 110 Å². The van der Waals surface area contributed by atoms with Crippen LogP contribution in [-0.2, 0) is 4.79 Å². The Kier molecular flexibility index (Phi) is 4.47. The van der Waals surface area contributed by atoms with Crippen LogP contribution >= 0.6 is 0 Å². The van der Waals surface area contributed by atoms with Gasteiger partial charge >= 0.3 is 0 Å². The Bertz CT molecular complexity index is 605. The van der Waals surface area contributed by atoms with Crippen molar-refractivity contribution >= 4 is 17.3 Å². The van der Waals surface area contributed by atoms with Crippen LogP contribution in [0.2, 0.25) is 0 Å². The maximum Gasteiger partial charge on any atom is 0.292 e. The Labute approximate surface area is 134 Å². The molecule has 2 aliphatic rings. The SMILES string of the molecule is NC1C2CCC(C2)C1C(=O)NCCNc1ccccc1[N+](=O)[O-]. The number of para-hydroxylation sites is 2. The fourth-order valence-electron chi connectivity index (χ4n) is 4.01. The zero-order valence-corrected chi connectivity index (χ0v) is 12.9. The minimum atomic E-state index is -0.421.